The maximum atomic E-state index is 12.0. The van der Waals surface area contributed by atoms with E-state index in [9.17, 15) is 4.79 Å². The zero-order valence-electron chi connectivity index (χ0n) is 13.4. The van der Waals surface area contributed by atoms with Crippen LogP contribution in [-0.4, -0.2) is 7.21 Å². The van der Waals surface area contributed by atoms with E-state index < -0.39 is 7.21 Å². The van der Waals surface area contributed by atoms with Gasteiger partial charge in [-0.3, -0.25) is 0 Å². The van der Waals surface area contributed by atoms with Crippen molar-refractivity contribution in [1.82, 2.24) is 0 Å². The van der Waals surface area contributed by atoms with E-state index in [-0.39, 0.29) is 10.9 Å². The average molecular weight is 605 g/mol. The lowest BCUT2D eigenvalue weighted by Gasteiger charge is -2.12. The standard InChI is InChI=1S/C20H14Br2IO2S/c21-20(22,23)19(24)25-15-11-13-18(14-12-15)26(16-7-3-1-4-8-16)17-9-5-2-6-10-17/h1-14H/q+1. The minimum absolute atomic E-state index is 0.213. The number of alkyl halides is 3. The number of rotatable bonds is 5. The minimum Gasteiger partial charge on any atom is -0.424 e. The Morgan fingerprint density at radius 2 is 1.19 bits per heavy atom. The van der Waals surface area contributed by atoms with Crippen LogP contribution < -0.4 is 4.74 Å². The summed E-state index contributed by atoms with van der Waals surface area (Å²) >= 11 is 8.38. The predicted molar refractivity (Wildman–Crippen MR) is 122 cm³/mol. The number of esters is 1. The summed E-state index contributed by atoms with van der Waals surface area (Å²) in [5, 5.41) is 0. The molecule has 0 atom stereocenters. The van der Waals surface area contributed by atoms with Crippen molar-refractivity contribution < 1.29 is 9.53 Å². The molecule has 3 aromatic rings. The van der Waals surface area contributed by atoms with Gasteiger partial charge in [-0.1, -0.05) is 36.4 Å². The smallest absolute Gasteiger partial charge is 0.349 e. The first kappa shape index (κ1) is 19.9. The number of hydrogen-bond acceptors (Lipinski definition) is 2. The average Bonchev–Trinajstić information content (AvgIpc) is 2.64. The van der Waals surface area contributed by atoms with E-state index in [0.717, 1.165) is 0 Å². The van der Waals surface area contributed by atoms with Gasteiger partial charge in [0.25, 0.3) is 0 Å². The third kappa shape index (κ3) is 5.12. The summed E-state index contributed by atoms with van der Waals surface area (Å²) < 4.78 is 4.47. The van der Waals surface area contributed by atoms with Crippen LogP contribution in [-0.2, 0) is 15.7 Å². The second-order valence-electron chi connectivity index (χ2n) is 5.29. The molecule has 0 N–H and O–H groups in total. The van der Waals surface area contributed by atoms with Crippen LogP contribution in [0.4, 0.5) is 0 Å². The fourth-order valence-corrected chi connectivity index (χ4v) is 4.69. The Kier molecular flexibility index (Phi) is 6.82. The summed E-state index contributed by atoms with van der Waals surface area (Å²) in [7, 11) is -0.213. The van der Waals surface area contributed by atoms with E-state index in [1.165, 1.54) is 14.7 Å². The van der Waals surface area contributed by atoms with Gasteiger partial charge in [0.15, 0.2) is 14.7 Å². The topological polar surface area (TPSA) is 26.3 Å². The zero-order valence-corrected chi connectivity index (χ0v) is 19.6. The van der Waals surface area contributed by atoms with Crippen molar-refractivity contribution in [2.24, 2.45) is 0 Å². The molecule has 0 amide bonds. The molecule has 6 heteroatoms. The molecule has 0 bridgehead atoms. The Morgan fingerprint density at radius 3 is 1.62 bits per heavy atom. The molecule has 132 valence electrons. The van der Waals surface area contributed by atoms with Crippen molar-refractivity contribution in [2.75, 3.05) is 0 Å². The highest BCUT2D eigenvalue weighted by Gasteiger charge is 2.32. The van der Waals surface area contributed by atoms with Crippen molar-refractivity contribution in [2.45, 2.75) is 15.9 Å². The molecule has 0 aliphatic rings. The molecular weight excluding hydrogens is 591 g/mol. The molecule has 3 rings (SSSR count). The zero-order chi connectivity index (χ0) is 18.6. The quantitative estimate of drug-likeness (QED) is 0.108. The number of hydrogen-bond donors (Lipinski definition) is 0. The summed E-state index contributed by atoms with van der Waals surface area (Å²) in [4.78, 5) is 15.6. The molecule has 0 saturated carbocycles. The van der Waals surface area contributed by atoms with E-state index in [2.05, 4.69) is 80.4 Å². The molecule has 0 aromatic heterocycles. The Hall–Kier alpha value is -0.830. The van der Waals surface area contributed by atoms with Crippen LogP contribution in [0.3, 0.4) is 0 Å². The minimum atomic E-state index is -0.922. The second-order valence-corrected chi connectivity index (χ2v) is 15.3. The van der Waals surface area contributed by atoms with Crippen LogP contribution >= 0.6 is 54.5 Å². The molecule has 0 heterocycles. The largest absolute Gasteiger partial charge is 0.424 e. The van der Waals surface area contributed by atoms with E-state index in [1.54, 1.807) is 0 Å². The molecule has 0 unspecified atom stereocenters. The van der Waals surface area contributed by atoms with Crippen molar-refractivity contribution in [1.29, 1.82) is 0 Å². The maximum absolute atomic E-state index is 12.0. The molecule has 2 nitrogen and oxygen atoms in total. The molecule has 0 aliphatic carbocycles. The van der Waals surface area contributed by atoms with Gasteiger partial charge in [0.2, 0.25) is 1.24 Å². The van der Waals surface area contributed by atoms with E-state index in [1.807, 2.05) is 59.0 Å². The Bertz CT molecular complexity index is 826. The first-order valence-electron chi connectivity index (χ1n) is 7.68. The normalized spacial score (nSPS) is 11.4. The third-order valence-electron chi connectivity index (χ3n) is 3.46. The third-order valence-corrected chi connectivity index (χ3v) is 6.78. The lowest BCUT2D eigenvalue weighted by atomic mass is 10.3. The van der Waals surface area contributed by atoms with Gasteiger partial charge in [-0.25, -0.2) is 4.79 Å². The number of ether oxygens (including phenoxy) is 1. The number of carbonyl (C=O) groups excluding carboxylic acids is 1. The number of halogens is 3. The van der Waals surface area contributed by atoms with Gasteiger partial charge in [-0.15, -0.1) is 0 Å². The van der Waals surface area contributed by atoms with Gasteiger partial charge >= 0.3 is 5.97 Å². The van der Waals surface area contributed by atoms with Gasteiger partial charge in [-0.05, 0) is 103 Å². The molecular formula is C20H14Br2IO2S+. The van der Waals surface area contributed by atoms with E-state index >= 15 is 0 Å². The maximum Gasteiger partial charge on any atom is 0.349 e. The van der Waals surface area contributed by atoms with Crippen LogP contribution in [0.1, 0.15) is 0 Å². The number of carbonyl (C=O) groups is 1. The van der Waals surface area contributed by atoms with E-state index in [0.29, 0.717) is 5.75 Å². The summed E-state index contributed by atoms with van der Waals surface area (Å²) in [5.74, 6) is 0.110. The van der Waals surface area contributed by atoms with Gasteiger partial charge in [0.05, 0.1) is 10.9 Å². The molecule has 0 fully saturated rings. The van der Waals surface area contributed by atoms with Crippen molar-refractivity contribution >= 4 is 71.3 Å². The lowest BCUT2D eigenvalue weighted by molar-refractivity contribution is -0.132. The molecule has 0 radical (unpaired) electrons. The van der Waals surface area contributed by atoms with Crippen LogP contribution in [0.15, 0.2) is 99.6 Å². The Morgan fingerprint density at radius 1 is 0.769 bits per heavy atom. The first-order valence-corrected chi connectivity index (χ1v) is 11.6. The highest BCUT2D eigenvalue weighted by Crippen LogP contribution is 2.36. The monoisotopic (exact) mass is 603 g/mol. The highest BCUT2D eigenvalue weighted by atomic mass is 127. The van der Waals surface area contributed by atoms with Crippen LogP contribution in [0.5, 0.6) is 5.75 Å². The molecule has 3 aromatic carbocycles. The SMILES string of the molecule is O=C(Oc1ccc([S+](c2ccccc2)c2ccccc2)cc1)C(Br)(Br)I. The molecule has 26 heavy (non-hydrogen) atoms. The van der Waals surface area contributed by atoms with Crippen molar-refractivity contribution in [3.05, 3.63) is 84.9 Å². The summed E-state index contributed by atoms with van der Waals surface area (Å²) in [6.45, 7) is 0. The van der Waals surface area contributed by atoms with E-state index in [4.69, 9.17) is 4.74 Å². The molecule has 0 aliphatic heterocycles. The summed E-state index contributed by atoms with van der Waals surface area (Å²) in [5.41, 5.74) is 0. The lowest BCUT2D eigenvalue weighted by Crippen LogP contribution is -2.23. The van der Waals surface area contributed by atoms with Gasteiger partial charge in [0.1, 0.15) is 5.75 Å². The Balaban J connectivity index is 1.92. The van der Waals surface area contributed by atoms with Gasteiger partial charge < -0.3 is 4.74 Å². The van der Waals surface area contributed by atoms with Crippen LogP contribution in [0, 0.1) is 0 Å². The molecule has 0 spiro atoms. The van der Waals surface area contributed by atoms with Crippen molar-refractivity contribution in [3.63, 3.8) is 0 Å². The summed E-state index contributed by atoms with van der Waals surface area (Å²) in [6.07, 6.45) is 0. The van der Waals surface area contributed by atoms with Gasteiger partial charge in [0, 0.05) is 0 Å². The fourth-order valence-electron chi connectivity index (χ4n) is 2.33. The van der Waals surface area contributed by atoms with Crippen molar-refractivity contribution in [3.8, 4) is 5.75 Å². The van der Waals surface area contributed by atoms with Crippen LogP contribution in [0.25, 0.3) is 0 Å². The van der Waals surface area contributed by atoms with Crippen LogP contribution in [0.2, 0.25) is 0 Å². The second kappa shape index (κ2) is 8.91. The summed E-state index contributed by atoms with van der Waals surface area (Å²) in [6, 6.07) is 28.5. The fraction of sp³-hybridized carbons (Fsp3) is 0.0500. The van der Waals surface area contributed by atoms with Gasteiger partial charge in [-0.2, -0.15) is 0 Å². The molecule has 0 saturated heterocycles. The first-order chi connectivity index (χ1) is 12.4. The Labute approximate surface area is 186 Å². The highest BCUT2D eigenvalue weighted by molar-refractivity contribution is 14.1. The predicted octanol–water partition coefficient (Wildman–Crippen LogP) is 6.57. The number of benzene rings is 3.